The molecule has 3 heteroatoms. The van der Waals surface area contributed by atoms with Gasteiger partial charge in [-0.05, 0) is 36.0 Å². The van der Waals surface area contributed by atoms with Crippen LogP contribution in [0.2, 0.25) is 0 Å². The Hall–Kier alpha value is -0.960. The van der Waals surface area contributed by atoms with Crippen molar-refractivity contribution in [2.45, 2.75) is 38.6 Å². The molecule has 2 nitrogen and oxygen atoms in total. The first-order valence-electron chi connectivity index (χ1n) is 6.64. The zero-order chi connectivity index (χ0) is 13.0. The van der Waals surface area contributed by atoms with Crippen molar-refractivity contribution in [1.29, 1.82) is 0 Å². The summed E-state index contributed by atoms with van der Waals surface area (Å²) in [6.45, 7) is 2.10. The lowest BCUT2D eigenvalue weighted by molar-refractivity contribution is -0.122. The number of rotatable bonds is 6. The number of carbonyl (C=O) groups is 1. The van der Waals surface area contributed by atoms with Crippen LogP contribution in [0.4, 0.5) is 0 Å². The van der Waals surface area contributed by atoms with E-state index in [9.17, 15) is 4.79 Å². The van der Waals surface area contributed by atoms with E-state index in [1.165, 1.54) is 5.56 Å². The largest absolute Gasteiger partial charge is 0.349 e. The van der Waals surface area contributed by atoms with Gasteiger partial charge in [-0.15, -0.1) is 0 Å². The van der Waals surface area contributed by atoms with E-state index in [1.54, 1.807) is 0 Å². The van der Waals surface area contributed by atoms with Gasteiger partial charge in [0.2, 0.25) is 5.91 Å². The number of thiol groups is 1. The molecule has 0 heterocycles. The Labute approximate surface area is 115 Å². The van der Waals surface area contributed by atoms with E-state index in [0.29, 0.717) is 6.42 Å². The molecule has 0 bridgehead atoms. The van der Waals surface area contributed by atoms with Crippen LogP contribution in [-0.4, -0.2) is 11.7 Å². The molecule has 18 heavy (non-hydrogen) atoms. The van der Waals surface area contributed by atoms with Crippen LogP contribution < -0.4 is 5.32 Å². The fourth-order valence-electron chi connectivity index (χ4n) is 2.26. The maximum Gasteiger partial charge on any atom is 0.221 e. The van der Waals surface area contributed by atoms with Gasteiger partial charge >= 0.3 is 0 Å². The summed E-state index contributed by atoms with van der Waals surface area (Å²) in [6.07, 6.45) is 3.83. The number of hydrogen-bond acceptors (Lipinski definition) is 2. The average Bonchev–Trinajstić information content (AvgIpc) is 3.17. The normalized spacial score (nSPS) is 18.1. The third-order valence-electron chi connectivity index (χ3n) is 3.77. The van der Waals surface area contributed by atoms with E-state index in [-0.39, 0.29) is 17.4 Å². The van der Waals surface area contributed by atoms with Crippen LogP contribution in [0.25, 0.3) is 0 Å². The number of hydrogen-bond donors (Lipinski definition) is 2. The second kappa shape index (κ2) is 5.79. The summed E-state index contributed by atoms with van der Waals surface area (Å²) in [5.41, 5.74) is 1.38. The van der Waals surface area contributed by atoms with Gasteiger partial charge in [-0.3, -0.25) is 4.79 Å². The molecule has 1 aliphatic carbocycles. The van der Waals surface area contributed by atoms with Crippen LogP contribution in [0, 0.1) is 5.41 Å². The van der Waals surface area contributed by atoms with Gasteiger partial charge in [0.15, 0.2) is 0 Å². The Morgan fingerprint density at radius 3 is 2.56 bits per heavy atom. The minimum Gasteiger partial charge on any atom is -0.349 e. The van der Waals surface area contributed by atoms with E-state index in [1.807, 2.05) is 18.2 Å². The molecule has 0 aromatic heterocycles. The molecule has 1 atom stereocenters. The second-order valence-electron chi connectivity index (χ2n) is 5.27. The topological polar surface area (TPSA) is 29.1 Å². The number of benzene rings is 1. The third kappa shape index (κ3) is 3.29. The summed E-state index contributed by atoms with van der Waals surface area (Å²) in [6, 6.07) is 10.3. The van der Waals surface area contributed by atoms with Gasteiger partial charge in [0.05, 0.1) is 6.04 Å². The Bertz CT molecular complexity index is 400. The van der Waals surface area contributed by atoms with Gasteiger partial charge in [-0.2, -0.15) is 12.6 Å². The lowest BCUT2D eigenvalue weighted by Crippen LogP contribution is -2.30. The Morgan fingerprint density at radius 2 is 2.06 bits per heavy atom. The standard InChI is InChI=1S/C15H21NOS/c1-2-13(12-6-4-3-5-7-12)16-14(17)10-15(11-18)8-9-15/h3-7,13,18H,2,8-11H2,1H3,(H,16,17). The summed E-state index contributed by atoms with van der Waals surface area (Å²) in [5, 5.41) is 3.14. The highest BCUT2D eigenvalue weighted by Crippen LogP contribution is 2.49. The minimum absolute atomic E-state index is 0.134. The summed E-state index contributed by atoms with van der Waals surface area (Å²) in [7, 11) is 0. The van der Waals surface area contributed by atoms with Gasteiger partial charge in [0.25, 0.3) is 0 Å². The summed E-state index contributed by atoms with van der Waals surface area (Å²) in [4.78, 5) is 12.1. The summed E-state index contributed by atoms with van der Waals surface area (Å²) in [5.74, 6) is 0.986. The van der Waals surface area contributed by atoms with E-state index < -0.39 is 0 Å². The molecular weight excluding hydrogens is 242 g/mol. The van der Waals surface area contributed by atoms with Crippen LogP contribution in [-0.2, 0) is 4.79 Å². The molecule has 1 amide bonds. The first-order chi connectivity index (χ1) is 8.69. The number of carbonyl (C=O) groups excluding carboxylic acids is 1. The fourth-order valence-corrected chi connectivity index (χ4v) is 2.69. The summed E-state index contributed by atoms with van der Waals surface area (Å²) < 4.78 is 0. The van der Waals surface area contributed by atoms with Gasteiger partial charge in [0.1, 0.15) is 0 Å². The quantitative estimate of drug-likeness (QED) is 0.757. The zero-order valence-electron chi connectivity index (χ0n) is 10.9. The summed E-state index contributed by atoms with van der Waals surface area (Å²) >= 11 is 4.34. The van der Waals surface area contributed by atoms with Crippen LogP contribution in [0.3, 0.4) is 0 Å². The van der Waals surface area contributed by atoms with Crippen molar-refractivity contribution in [3.05, 3.63) is 35.9 Å². The zero-order valence-corrected chi connectivity index (χ0v) is 11.7. The van der Waals surface area contributed by atoms with Crippen LogP contribution in [0.15, 0.2) is 30.3 Å². The molecule has 0 radical (unpaired) electrons. The molecule has 0 aliphatic heterocycles. The molecule has 1 unspecified atom stereocenters. The van der Waals surface area contributed by atoms with Gasteiger partial charge < -0.3 is 5.32 Å². The lowest BCUT2D eigenvalue weighted by Gasteiger charge is -2.19. The Kier molecular flexibility index (Phi) is 4.33. The predicted molar refractivity (Wildman–Crippen MR) is 77.8 cm³/mol. The maximum atomic E-state index is 12.1. The molecule has 0 spiro atoms. The van der Waals surface area contributed by atoms with Crippen LogP contribution in [0.5, 0.6) is 0 Å². The highest BCUT2D eigenvalue weighted by Gasteiger charge is 2.43. The molecule has 2 rings (SSSR count). The fraction of sp³-hybridized carbons (Fsp3) is 0.533. The first kappa shape index (κ1) is 13.5. The predicted octanol–water partition coefficient (Wildman–Crippen LogP) is 3.35. The van der Waals surface area contributed by atoms with E-state index in [0.717, 1.165) is 25.0 Å². The lowest BCUT2D eigenvalue weighted by atomic mass is 10.0. The Morgan fingerprint density at radius 1 is 1.39 bits per heavy atom. The molecule has 1 fully saturated rings. The smallest absolute Gasteiger partial charge is 0.221 e. The monoisotopic (exact) mass is 263 g/mol. The van der Waals surface area contributed by atoms with Crippen molar-refractivity contribution in [1.82, 2.24) is 5.32 Å². The molecule has 1 aliphatic rings. The molecule has 1 aromatic rings. The van der Waals surface area contributed by atoms with Crippen molar-refractivity contribution in [2.75, 3.05) is 5.75 Å². The van der Waals surface area contributed by atoms with E-state index in [2.05, 4.69) is 37.0 Å². The van der Waals surface area contributed by atoms with Gasteiger partial charge in [0, 0.05) is 6.42 Å². The van der Waals surface area contributed by atoms with Crippen molar-refractivity contribution in [3.8, 4) is 0 Å². The minimum atomic E-state index is 0.134. The van der Waals surface area contributed by atoms with Crippen LogP contribution >= 0.6 is 12.6 Å². The van der Waals surface area contributed by atoms with Gasteiger partial charge in [-0.25, -0.2) is 0 Å². The van der Waals surface area contributed by atoms with E-state index in [4.69, 9.17) is 0 Å². The molecule has 1 N–H and O–H groups in total. The highest BCUT2D eigenvalue weighted by molar-refractivity contribution is 7.80. The van der Waals surface area contributed by atoms with Crippen molar-refractivity contribution in [3.63, 3.8) is 0 Å². The molecule has 1 aromatic carbocycles. The van der Waals surface area contributed by atoms with Crippen molar-refractivity contribution in [2.24, 2.45) is 5.41 Å². The van der Waals surface area contributed by atoms with E-state index >= 15 is 0 Å². The first-order valence-corrected chi connectivity index (χ1v) is 7.27. The number of nitrogens with one attached hydrogen (secondary N) is 1. The second-order valence-corrected chi connectivity index (χ2v) is 5.59. The molecular formula is C15H21NOS. The van der Waals surface area contributed by atoms with Crippen molar-refractivity contribution < 1.29 is 4.79 Å². The van der Waals surface area contributed by atoms with Gasteiger partial charge in [-0.1, -0.05) is 37.3 Å². The van der Waals surface area contributed by atoms with Crippen LogP contribution in [0.1, 0.15) is 44.2 Å². The third-order valence-corrected chi connectivity index (χ3v) is 4.44. The highest BCUT2D eigenvalue weighted by atomic mass is 32.1. The molecule has 1 saturated carbocycles. The molecule has 0 saturated heterocycles. The average molecular weight is 263 g/mol. The maximum absolute atomic E-state index is 12.1. The molecule has 98 valence electrons. The Balaban J connectivity index is 1.92. The number of amides is 1. The SMILES string of the molecule is CCC(NC(=O)CC1(CS)CC1)c1ccccc1. The van der Waals surface area contributed by atoms with Crippen molar-refractivity contribution >= 4 is 18.5 Å².